The van der Waals surface area contributed by atoms with Gasteiger partial charge in [-0.1, -0.05) is 0 Å². The second-order valence-corrected chi connectivity index (χ2v) is 3.55. The molecule has 94 valence electrons. The summed E-state index contributed by atoms with van der Waals surface area (Å²) in [6, 6.07) is 4.36. The number of benzene rings is 1. The molecule has 1 heterocycles. The summed E-state index contributed by atoms with van der Waals surface area (Å²) in [5.41, 5.74) is -0.336. The first-order valence-electron chi connectivity index (χ1n) is 5.06. The zero-order valence-electron chi connectivity index (χ0n) is 9.74. The third-order valence-electron chi connectivity index (χ3n) is 2.54. The van der Waals surface area contributed by atoms with Crippen LogP contribution in [0.15, 0.2) is 23.0 Å². The summed E-state index contributed by atoms with van der Waals surface area (Å²) in [6.07, 6.45) is 0. The highest BCUT2D eigenvalue weighted by Crippen LogP contribution is 2.25. The van der Waals surface area contributed by atoms with Crippen LogP contribution in [-0.2, 0) is 4.74 Å². The van der Waals surface area contributed by atoms with Gasteiger partial charge in [0.15, 0.2) is 5.75 Å². The molecule has 1 aromatic heterocycles. The lowest BCUT2D eigenvalue weighted by molar-refractivity contribution is 0.0601. The zero-order valence-corrected chi connectivity index (χ0v) is 9.74. The first kappa shape index (κ1) is 12.1. The molecule has 0 atom stereocenters. The van der Waals surface area contributed by atoms with Gasteiger partial charge < -0.3 is 14.5 Å². The quantitative estimate of drug-likeness (QED) is 0.820. The number of nitrogens with one attached hydrogen (secondary N) is 1. The van der Waals surface area contributed by atoms with E-state index >= 15 is 0 Å². The van der Waals surface area contributed by atoms with Crippen LogP contribution in [0.5, 0.6) is 5.75 Å². The van der Waals surface area contributed by atoms with E-state index in [9.17, 15) is 14.0 Å². The molecule has 0 aliphatic rings. The molecular formula is C12H10FNO4. The molecule has 0 unspecified atom stereocenters. The molecular weight excluding hydrogens is 241 g/mol. The second-order valence-electron chi connectivity index (χ2n) is 3.55. The largest absolute Gasteiger partial charge is 0.493 e. The fourth-order valence-corrected chi connectivity index (χ4v) is 1.69. The molecule has 0 radical (unpaired) electrons. The van der Waals surface area contributed by atoms with Crippen molar-refractivity contribution >= 4 is 16.9 Å². The van der Waals surface area contributed by atoms with Crippen LogP contribution in [-0.4, -0.2) is 25.2 Å². The van der Waals surface area contributed by atoms with E-state index < -0.39 is 17.3 Å². The van der Waals surface area contributed by atoms with Gasteiger partial charge in [-0.05, 0) is 18.2 Å². The van der Waals surface area contributed by atoms with Crippen LogP contribution in [0.25, 0.3) is 10.9 Å². The SMILES string of the molecule is COC(=O)c1ccc2c(OC)c(F)c(=O)[nH]c2c1. The predicted octanol–water partition coefficient (Wildman–Crippen LogP) is 1.46. The maximum atomic E-state index is 13.5. The minimum absolute atomic E-state index is 0.148. The van der Waals surface area contributed by atoms with Crippen molar-refractivity contribution in [3.05, 3.63) is 39.9 Å². The number of esters is 1. The van der Waals surface area contributed by atoms with Crippen LogP contribution in [0, 0.1) is 5.82 Å². The Kier molecular flexibility index (Phi) is 3.01. The number of fused-ring (bicyclic) bond motifs is 1. The number of ether oxygens (including phenoxy) is 2. The molecule has 5 nitrogen and oxygen atoms in total. The Labute approximate surface area is 101 Å². The molecule has 2 aromatic rings. The number of carbonyl (C=O) groups excluding carboxylic acids is 1. The van der Waals surface area contributed by atoms with Crippen LogP contribution >= 0.6 is 0 Å². The van der Waals surface area contributed by atoms with Crippen molar-refractivity contribution in [1.29, 1.82) is 0 Å². The van der Waals surface area contributed by atoms with Crippen molar-refractivity contribution in [3.63, 3.8) is 0 Å². The van der Waals surface area contributed by atoms with Gasteiger partial charge >= 0.3 is 5.97 Å². The monoisotopic (exact) mass is 251 g/mol. The van der Waals surface area contributed by atoms with E-state index in [-0.39, 0.29) is 11.3 Å². The summed E-state index contributed by atoms with van der Waals surface area (Å²) in [6.45, 7) is 0. The number of halogens is 1. The van der Waals surface area contributed by atoms with Crippen LogP contribution in [0.4, 0.5) is 4.39 Å². The number of rotatable bonds is 2. The summed E-state index contributed by atoms with van der Waals surface area (Å²) in [7, 11) is 2.52. The van der Waals surface area contributed by atoms with Crippen molar-refractivity contribution in [2.24, 2.45) is 0 Å². The fraction of sp³-hybridized carbons (Fsp3) is 0.167. The molecule has 0 saturated carbocycles. The molecule has 0 spiro atoms. The van der Waals surface area contributed by atoms with Gasteiger partial charge in [-0.2, -0.15) is 4.39 Å². The number of carbonyl (C=O) groups is 1. The topological polar surface area (TPSA) is 68.4 Å². The fourth-order valence-electron chi connectivity index (χ4n) is 1.69. The third kappa shape index (κ3) is 1.81. The Morgan fingerprint density at radius 3 is 2.67 bits per heavy atom. The number of hydrogen-bond acceptors (Lipinski definition) is 4. The van der Waals surface area contributed by atoms with Crippen molar-refractivity contribution in [1.82, 2.24) is 4.98 Å². The van der Waals surface area contributed by atoms with E-state index in [1.807, 2.05) is 0 Å². The zero-order chi connectivity index (χ0) is 13.3. The van der Waals surface area contributed by atoms with Gasteiger partial charge in [-0.3, -0.25) is 4.79 Å². The molecule has 0 saturated heterocycles. The highest BCUT2D eigenvalue weighted by Gasteiger charge is 2.14. The lowest BCUT2D eigenvalue weighted by atomic mass is 10.1. The summed E-state index contributed by atoms with van der Waals surface area (Å²) in [5.74, 6) is -1.68. The third-order valence-corrected chi connectivity index (χ3v) is 2.54. The normalized spacial score (nSPS) is 10.4. The number of H-pyrrole nitrogens is 1. The number of aromatic nitrogens is 1. The number of pyridine rings is 1. The Morgan fingerprint density at radius 1 is 1.33 bits per heavy atom. The first-order chi connectivity index (χ1) is 8.58. The lowest BCUT2D eigenvalue weighted by Gasteiger charge is -2.07. The number of hydrogen-bond donors (Lipinski definition) is 1. The predicted molar refractivity (Wildman–Crippen MR) is 62.4 cm³/mol. The van der Waals surface area contributed by atoms with Gasteiger partial charge in [0.05, 0.1) is 25.3 Å². The average molecular weight is 251 g/mol. The molecule has 1 aromatic carbocycles. The maximum absolute atomic E-state index is 13.5. The molecule has 0 amide bonds. The highest BCUT2D eigenvalue weighted by molar-refractivity contribution is 5.95. The molecule has 0 bridgehead atoms. The summed E-state index contributed by atoms with van der Waals surface area (Å²) < 4.78 is 22.9. The van der Waals surface area contributed by atoms with Crippen LogP contribution in [0.3, 0.4) is 0 Å². The minimum atomic E-state index is -0.990. The van der Waals surface area contributed by atoms with Gasteiger partial charge in [0.25, 0.3) is 5.56 Å². The van der Waals surface area contributed by atoms with Gasteiger partial charge in [0.2, 0.25) is 5.82 Å². The molecule has 18 heavy (non-hydrogen) atoms. The van der Waals surface area contributed by atoms with E-state index in [0.29, 0.717) is 10.9 Å². The number of methoxy groups -OCH3 is 2. The first-order valence-corrected chi connectivity index (χ1v) is 5.06. The van der Waals surface area contributed by atoms with E-state index in [1.165, 1.54) is 32.4 Å². The van der Waals surface area contributed by atoms with Crippen molar-refractivity contribution < 1.29 is 18.7 Å². The van der Waals surface area contributed by atoms with E-state index in [0.717, 1.165) is 0 Å². The molecule has 0 fully saturated rings. The summed E-state index contributed by atoms with van der Waals surface area (Å²) >= 11 is 0. The molecule has 1 N–H and O–H groups in total. The molecule has 6 heteroatoms. The van der Waals surface area contributed by atoms with Crippen LogP contribution in [0.1, 0.15) is 10.4 Å². The van der Waals surface area contributed by atoms with Crippen molar-refractivity contribution in [2.75, 3.05) is 14.2 Å². The Morgan fingerprint density at radius 2 is 2.06 bits per heavy atom. The van der Waals surface area contributed by atoms with E-state index in [1.54, 1.807) is 0 Å². The lowest BCUT2D eigenvalue weighted by Crippen LogP contribution is -2.13. The molecule has 2 rings (SSSR count). The van der Waals surface area contributed by atoms with E-state index in [4.69, 9.17) is 4.74 Å². The van der Waals surface area contributed by atoms with Gasteiger partial charge in [-0.25, -0.2) is 4.79 Å². The van der Waals surface area contributed by atoms with Gasteiger partial charge in [0, 0.05) is 5.39 Å². The van der Waals surface area contributed by atoms with Crippen molar-refractivity contribution in [3.8, 4) is 5.75 Å². The van der Waals surface area contributed by atoms with Crippen molar-refractivity contribution in [2.45, 2.75) is 0 Å². The Balaban J connectivity index is 2.76. The maximum Gasteiger partial charge on any atom is 0.337 e. The highest BCUT2D eigenvalue weighted by atomic mass is 19.1. The molecule has 0 aliphatic heterocycles. The van der Waals surface area contributed by atoms with Gasteiger partial charge in [-0.15, -0.1) is 0 Å². The van der Waals surface area contributed by atoms with E-state index in [2.05, 4.69) is 9.72 Å². The summed E-state index contributed by atoms with van der Waals surface area (Å²) in [4.78, 5) is 25.0. The van der Waals surface area contributed by atoms with Crippen LogP contribution < -0.4 is 10.3 Å². The smallest absolute Gasteiger partial charge is 0.337 e. The summed E-state index contributed by atoms with van der Waals surface area (Å²) in [5, 5.41) is 0.377. The van der Waals surface area contributed by atoms with Crippen LogP contribution in [0.2, 0.25) is 0 Å². The average Bonchev–Trinajstić information content (AvgIpc) is 2.39. The molecule has 0 aliphatic carbocycles. The minimum Gasteiger partial charge on any atom is -0.493 e. The second kappa shape index (κ2) is 4.48. The Hall–Kier alpha value is -2.37. The standard InChI is InChI=1S/C12H10FNO4/c1-17-10-7-4-3-6(12(16)18-2)5-8(7)14-11(15)9(10)13/h3-5H,1-2H3,(H,14,15). The van der Waals surface area contributed by atoms with Gasteiger partial charge in [0.1, 0.15) is 0 Å². The Bertz CT molecular complexity index is 678. The number of aromatic amines is 1.